The predicted molar refractivity (Wildman–Crippen MR) is 63.0 cm³/mol. The maximum absolute atomic E-state index is 12.4. The second kappa shape index (κ2) is 7.21. The van der Waals surface area contributed by atoms with E-state index < -0.39 is 12.1 Å². The topological polar surface area (TPSA) is 15.3 Å². The van der Waals surface area contributed by atoms with Gasteiger partial charge in [0.1, 0.15) is 0 Å². The lowest BCUT2D eigenvalue weighted by molar-refractivity contribution is -0.185. The van der Waals surface area contributed by atoms with Gasteiger partial charge in [0, 0.05) is 0 Å². The van der Waals surface area contributed by atoms with Gasteiger partial charge in [-0.25, -0.2) is 0 Å². The summed E-state index contributed by atoms with van der Waals surface area (Å²) in [6.45, 7) is 3.19. The van der Waals surface area contributed by atoms with Crippen LogP contribution in [-0.2, 0) is 0 Å². The van der Waals surface area contributed by atoms with Crippen LogP contribution in [0.2, 0.25) is 0 Å². The van der Waals surface area contributed by atoms with E-state index in [1.807, 2.05) is 7.05 Å². The molecule has 1 fully saturated rings. The molecule has 102 valence electrons. The zero-order chi connectivity index (χ0) is 12.7. The van der Waals surface area contributed by atoms with E-state index in [0.29, 0.717) is 13.1 Å². The molecule has 1 heterocycles. The van der Waals surface area contributed by atoms with Crippen molar-refractivity contribution < 1.29 is 13.2 Å². The summed E-state index contributed by atoms with van der Waals surface area (Å²) in [6.07, 6.45) is -0.0349. The summed E-state index contributed by atoms with van der Waals surface area (Å²) in [6, 6.07) is 0. The Bertz CT molecular complexity index is 198. The molecule has 17 heavy (non-hydrogen) atoms. The second-order valence-electron chi connectivity index (χ2n) is 4.82. The van der Waals surface area contributed by atoms with Crippen LogP contribution >= 0.6 is 0 Å². The van der Waals surface area contributed by atoms with Crippen molar-refractivity contribution in [3.63, 3.8) is 0 Å². The first-order valence-electron chi connectivity index (χ1n) is 6.47. The maximum Gasteiger partial charge on any atom is 0.391 e. The number of halogens is 3. The van der Waals surface area contributed by atoms with E-state index in [-0.39, 0.29) is 12.8 Å². The second-order valence-corrected chi connectivity index (χ2v) is 4.82. The summed E-state index contributed by atoms with van der Waals surface area (Å²) in [5, 5.41) is 3.09. The quantitative estimate of drug-likeness (QED) is 0.731. The average molecular weight is 252 g/mol. The van der Waals surface area contributed by atoms with Crippen LogP contribution in [0.5, 0.6) is 0 Å². The van der Waals surface area contributed by atoms with Crippen molar-refractivity contribution in [1.82, 2.24) is 10.2 Å². The van der Waals surface area contributed by atoms with Crippen molar-refractivity contribution in [3.05, 3.63) is 0 Å². The number of hydrogen-bond donors (Lipinski definition) is 1. The number of nitrogens with one attached hydrogen (secondary N) is 1. The standard InChI is InChI=1S/C12H23F3N2/c1-16-7-3-2-4-8-17-9-5-11(6-10-17)12(13,14)15/h11,16H,2-10H2,1H3. The van der Waals surface area contributed by atoms with Crippen molar-refractivity contribution in [1.29, 1.82) is 0 Å². The first-order chi connectivity index (χ1) is 8.04. The average Bonchev–Trinajstić information content (AvgIpc) is 2.28. The molecule has 0 radical (unpaired) electrons. The fraction of sp³-hybridized carbons (Fsp3) is 1.00. The van der Waals surface area contributed by atoms with E-state index in [1.165, 1.54) is 0 Å². The summed E-state index contributed by atoms with van der Waals surface area (Å²) in [5.74, 6) is -1.07. The van der Waals surface area contributed by atoms with Crippen molar-refractivity contribution in [3.8, 4) is 0 Å². The molecular formula is C12H23F3N2. The molecule has 5 heteroatoms. The van der Waals surface area contributed by atoms with Gasteiger partial charge in [-0.05, 0) is 58.9 Å². The first kappa shape index (κ1) is 14.8. The minimum absolute atomic E-state index is 0.278. The van der Waals surface area contributed by atoms with E-state index >= 15 is 0 Å². The molecule has 1 rings (SSSR count). The molecule has 1 aliphatic rings. The number of nitrogens with zero attached hydrogens (tertiary/aromatic N) is 1. The minimum atomic E-state index is -3.99. The van der Waals surface area contributed by atoms with Crippen LogP contribution in [0.3, 0.4) is 0 Å². The Labute approximate surface area is 102 Å². The van der Waals surface area contributed by atoms with Gasteiger partial charge >= 0.3 is 6.18 Å². The zero-order valence-electron chi connectivity index (χ0n) is 10.5. The molecule has 1 N–H and O–H groups in total. The molecule has 0 aliphatic carbocycles. The molecule has 0 aromatic heterocycles. The Morgan fingerprint density at radius 3 is 2.29 bits per heavy atom. The summed E-state index contributed by atoms with van der Waals surface area (Å²) in [7, 11) is 1.93. The van der Waals surface area contributed by atoms with Crippen LogP contribution in [0.15, 0.2) is 0 Å². The smallest absolute Gasteiger partial charge is 0.320 e. The van der Waals surface area contributed by atoms with Crippen LogP contribution in [0.25, 0.3) is 0 Å². The molecule has 0 unspecified atom stereocenters. The molecule has 0 aromatic rings. The SMILES string of the molecule is CNCCCCCN1CCC(C(F)(F)F)CC1. The van der Waals surface area contributed by atoms with Gasteiger partial charge in [-0.1, -0.05) is 6.42 Å². The molecular weight excluding hydrogens is 229 g/mol. The Morgan fingerprint density at radius 1 is 1.12 bits per heavy atom. The highest BCUT2D eigenvalue weighted by Gasteiger charge is 2.40. The molecule has 0 bridgehead atoms. The third-order valence-electron chi connectivity index (χ3n) is 3.45. The third-order valence-corrected chi connectivity index (χ3v) is 3.45. The number of alkyl halides is 3. The monoisotopic (exact) mass is 252 g/mol. The highest BCUT2D eigenvalue weighted by Crippen LogP contribution is 2.34. The van der Waals surface area contributed by atoms with Gasteiger partial charge in [-0.15, -0.1) is 0 Å². The van der Waals surface area contributed by atoms with E-state index in [9.17, 15) is 13.2 Å². The molecule has 0 atom stereocenters. The maximum atomic E-state index is 12.4. The van der Waals surface area contributed by atoms with Crippen LogP contribution in [-0.4, -0.2) is 44.3 Å². The van der Waals surface area contributed by atoms with Gasteiger partial charge in [0.05, 0.1) is 5.92 Å². The fourth-order valence-corrected chi connectivity index (χ4v) is 2.30. The van der Waals surface area contributed by atoms with Crippen LogP contribution in [0.4, 0.5) is 13.2 Å². The molecule has 1 saturated heterocycles. The van der Waals surface area contributed by atoms with Gasteiger partial charge in [0.15, 0.2) is 0 Å². The van der Waals surface area contributed by atoms with Gasteiger partial charge in [-0.3, -0.25) is 0 Å². The third kappa shape index (κ3) is 5.73. The van der Waals surface area contributed by atoms with Crippen molar-refractivity contribution >= 4 is 0 Å². The number of piperidine rings is 1. The summed E-state index contributed by atoms with van der Waals surface area (Å²) in [4.78, 5) is 2.17. The minimum Gasteiger partial charge on any atom is -0.320 e. The highest BCUT2D eigenvalue weighted by atomic mass is 19.4. The predicted octanol–water partition coefficient (Wildman–Crippen LogP) is 2.65. The lowest BCUT2D eigenvalue weighted by Crippen LogP contribution is -2.39. The van der Waals surface area contributed by atoms with E-state index in [1.54, 1.807) is 0 Å². The first-order valence-corrected chi connectivity index (χ1v) is 6.47. The van der Waals surface area contributed by atoms with Crippen LogP contribution in [0, 0.1) is 5.92 Å². The van der Waals surface area contributed by atoms with E-state index in [2.05, 4.69) is 10.2 Å². The Balaban J connectivity index is 2.07. The molecule has 1 aliphatic heterocycles. The molecule has 0 spiro atoms. The zero-order valence-corrected chi connectivity index (χ0v) is 10.5. The Morgan fingerprint density at radius 2 is 1.76 bits per heavy atom. The fourth-order valence-electron chi connectivity index (χ4n) is 2.30. The highest BCUT2D eigenvalue weighted by molar-refractivity contribution is 4.76. The molecule has 0 aromatic carbocycles. The normalized spacial score (nSPS) is 19.8. The van der Waals surface area contributed by atoms with E-state index in [4.69, 9.17) is 0 Å². The van der Waals surface area contributed by atoms with E-state index in [0.717, 1.165) is 32.4 Å². The number of hydrogen-bond acceptors (Lipinski definition) is 2. The van der Waals surface area contributed by atoms with Gasteiger partial charge in [0.2, 0.25) is 0 Å². The number of unbranched alkanes of at least 4 members (excludes halogenated alkanes) is 2. The number of rotatable bonds is 6. The van der Waals surface area contributed by atoms with Gasteiger partial charge < -0.3 is 10.2 Å². The summed E-state index contributed by atoms with van der Waals surface area (Å²) < 4.78 is 37.3. The summed E-state index contributed by atoms with van der Waals surface area (Å²) >= 11 is 0. The largest absolute Gasteiger partial charge is 0.391 e. The molecule has 0 amide bonds. The molecule has 2 nitrogen and oxygen atoms in total. The molecule has 0 saturated carbocycles. The lowest BCUT2D eigenvalue weighted by Gasteiger charge is -2.32. The van der Waals surface area contributed by atoms with Crippen molar-refractivity contribution in [2.24, 2.45) is 5.92 Å². The Kier molecular flexibility index (Phi) is 6.27. The number of likely N-dealkylation sites (tertiary alicyclic amines) is 1. The lowest BCUT2D eigenvalue weighted by atomic mass is 9.96. The van der Waals surface area contributed by atoms with Gasteiger partial charge in [-0.2, -0.15) is 13.2 Å². The van der Waals surface area contributed by atoms with Crippen LogP contribution in [0.1, 0.15) is 32.1 Å². The Hall–Kier alpha value is -0.290. The van der Waals surface area contributed by atoms with Crippen molar-refractivity contribution in [2.45, 2.75) is 38.3 Å². The van der Waals surface area contributed by atoms with Gasteiger partial charge in [0.25, 0.3) is 0 Å². The van der Waals surface area contributed by atoms with Crippen molar-refractivity contribution in [2.75, 3.05) is 33.2 Å². The summed E-state index contributed by atoms with van der Waals surface area (Å²) in [5.41, 5.74) is 0. The van der Waals surface area contributed by atoms with Crippen LogP contribution < -0.4 is 5.32 Å².